The minimum atomic E-state index is -0.506. The third-order valence-electron chi connectivity index (χ3n) is 2.57. The van der Waals surface area contributed by atoms with Crippen LogP contribution < -0.4 is 5.73 Å². The number of hydrogen-bond acceptors (Lipinski definition) is 6. The van der Waals surface area contributed by atoms with E-state index in [2.05, 4.69) is 15.3 Å². The van der Waals surface area contributed by atoms with E-state index in [9.17, 15) is 4.79 Å². The summed E-state index contributed by atoms with van der Waals surface area (Å²) in [5, 5.41) is 7.74. The molecule has 0 spiro atoms. The first-order chi connectivity index (χ1) is 8.54. The molecule has 0 aliphatic rings. The lowest BCUT2D eigenvalue weighted by Crippen LogP contribution is -2.10. The van der Waals surface area contributed by atoms with Crippen LogP contribution in [-0.4, -0.2) is 33.1 Å². The van der Waals surface area contributed by atoms with Crippen LogP contribution in [0.15, 0.2) is 12.1 Å². The molecule has 0 saturated carbocycles. The second-order valence-electron chi connectivity index (χ2n) is 3.77. The lowest BCUT2D eigenvalue weighted by Gasteiger charge is -2.04. The number of aromatic nitrogens is 4. The molecule has 2 rings (SSSR count). The normalized spacial score (nSPS) is 10.4. The number of nitrogen functional groups attached to an aromatic ring is 1. The molecule has 0 radical (unpaired) electrons. The number of esters is 1. The average Bonchev–Trinajstić information content (AvgIpc) is 2.74. The van der Waals surface area contributed by atoms with Gasteiger partial charge in [0.05, 0.1) is 24.2 Å². The molecule has 2 aromatic heterocycles. The summed E-state index contributed by atoms with van der Waals surface area (Å²) in [5.41, 5.74) is 8.14. The fourth-order valence-electron chi connectivity index (χ4n) is 1.56. The summed E-state index contributed by atoms with van der Waals surface area (Å²) in [6, 6.07) is 3.41. The highest BCUT2D eigenvalue weighted by Crippen LogP contribution is 2.21. The van der Waals surface area contributed by atoms with Crippen LogP contribution >= 0.6 is 0 Å². The van der Waals surface area contributed by atoms with Crippen molar-refractivity contribution in [1.29, 1.82) is 0 Å². The number of carbonyl (C=O) groups is 1. The van der Waals surface area contributed by atoms with E-state index in [1.165, 1.54) is 11.8 Å². The third-order valence-corrected chi connectivity index (χ3v) is 2.57. The number of anilines is 1. The van der Waals surface area contributed by atoms with Crippen molar-refractivity contribution < 1.29 is 9.53 Å². The van der Waals surface area contributed by atoms with Crippen LogP contribution in [0.1, 0.15) is 16.2 Å². The Hall–Kier alpha value is -2.44. The van der Waals surface area contributed by atoms with E-state index < -0.39 is 5.97 Å². The molecule has 0 bridgehead atoms. The molecule has 7 heteroatoms. The summed E-state index contributed by atoms with van der Waals surface area (Å²) in [4.78, 5) is 16.0. The van der Waals surface area contributed by atoms with Crippen LogP contribution in [0.25, 0.3) is 11.4 Å². The van der Waals surface area contributed by atoms with Crippen molar-refractivity contribution in [3.63, 3.8) is 0 Å². The number of nitrogens with two attached hydrogens (primary N) is 1. The maximum Gasteiger partial charge on any atom is 0.358 e. The number of carbonyl (C=O) groups excluding carboxylic acids is 1. The third kappa shape index (κ3) is 1.90. The van der Waals surface area contributed by atoms with Crippen molar-refractivity contribution in [2.24, 2.45) is 7.05 Å². The van der Waals surface area contributed by atoms with Crippen molar-refractivity contribution in [3.05, 3.63) is 23.5 Å². The number of pyridine rings is 1. The zero-order valence-corrected chi connectivity index (χ0v) is 10.3. The van der Waals surface area contributed by atoms with Gasteiger partial charge in [-0.1, -0.05) is 5.21 Å². The number of methoxy groups -OCH3 is 1. The summed E-state index contributed by atoms with van der Waals surface area (Å²) >= 11 is 0. The van der Waals surface area contributed by atoms with Gasteiger partial charge in [-0.25, -0.2) is 14.5 Å². The SMILES string of the molecule is COC(=O)c1c(-c2ccc(N)c(C)n2)nnn1C. The van der Waals surface area contributed by atoms with Gasteiger partial charge in [0.2, 0.25) is 0 Å². The van der Waals surface area contributed by atoms with Gasteiger partial charge in [0.25, 0.3) is 0 Å². The summed E-state index contributed by atoms with van der Waals surface area (Å²) in [6.07, 6.45) is 0. The minimum absolute atomic E-state index is 0.258. The van der Waals surface area contributed by atoms with Crippen molar-refractivity contribution in [2.45, 2.75) is 6.92 Å². The number of nitrogens with zero attached hydrogens (tertiary/aromatic N) is 4. The molecule has 2 N–H and O–H groups in total. The van der Waals surface area contributed by atoms with E-state index in [4.69, 9.17) is 10.5 Å². The van der Waals surface area contributed by atoms with Crippen LogP contribution in [0.3, 0.4) is 0 Å². The number of ether oxygens (including phenoxy) is 1. The molecule has 18 heavy (non-hydrogen) atoms. The van der Waals surface area contributed by atoms with Gasteiger partial charge in [-0.3, -0.25) is 0 Å². The molecule has 0 saturated heterocycles. The molecule has 7 nitrogen and oxygen atoms in total. The van der Waals surface area contributed by atoms with Crippen molar-refractivity contribution >= 4 is 11.7 Å². The molecule has 2 aromatic rings. The first-order valence-electron chi connectivity index (χ1n) is 5.26. The monoisotopic (exact) mass is 247 g/mol. The number of hydrogen-bond donors (Lipinski definition) is 1. The first-order valence-corrected chi connectivity index (χ1v) is 5.26. The molecule has 94 valence electrons. The van der Waals surface area contributed by atoms with Gasteiger partial charge in [0.1, 0.15) is 5.69 Å². The Kier molecular flexibility index (Phi) is 2.97. The summed E-state index contributed by atoms with van der Waals surface area (Å²) in [6.45, 7) is 1.78. The van der Waals surface area contributed by atoms with Crippen LogP contribution in [0.2, 0.25) is 0 Å². The highest BCUT2D eigenvalue weighted by Gasteiger charge is 2.21. The number of rotatable bonds is 2. The lowest BCUT2D eigenvalue weighted by atomic mass is 10.2. The summed E-state index contributed by atoms with van der Waals surface area (Å²) in [5.74, 6) is -0.506. The van der Waals surface area contributed by atoms with Gasteiger partial charge < -0.3 is 10.5 Å². The van der Waals surface area contributed by atoms with Gasteiger partial charge in [0.15, 0.2) is 5.69 Å². The molecular formula is C11H13N5O2. The van der Waals surface area contributed by atoms with E-state index in [0.717, 1.165) is 0 Å². The molecule has 0 fully saturated rings. The zero-order chi connectivity index (χ0) is 13.3. The first kappa shape index (κ1) is 12.0. The Labute approximate surface area is 104 Å². The Balaban J connectivity index is 2.57. The number of aryl methyl sites for hydroxylation is 2. The minimum Gasteiger partial charge on any atom is -0.464 e. The van der Waals surface area contributed by atoms with Gasteiger partial charge in [-0.05, 0) is 19.1 Å². The van der Waals surface area contributed by atoms with E-state index in [1.54, 1.807) is 26.1 Å². The predicted octanol–water partition coefficient (Wildman–Crippen LogP) is 0.554. The van der Waals surface area contributed by atoms with Gasteiger partial charge >= 0.3 is 5.97 Å². The molecule has 0 amide bonds. The zero-order valence-electron chi connectivity index (χ0n) is 10.3. The molecule has 0 aliphatic heterocycles. The highest BCUT2D eigenvalue weighted by atomic mass is 16.5. The fourth-order valence-corrected chi connectivity index (χ4v) is 1.56. The fraction of sp³-hybridized carbons (Fsp3) is 0.273. The molecule has 2 heterocycles. The maximum absolute atomic E-state index is 11.7. The molecule has 0 atom stereocenters. The Morgan fingerprint density at radius 1 is 1.44 bits per heavy atom. The maximum atomic E-state index is 11.7. The lowest BCUT2D eigenvalue weighted by molar-refractivity contribution is 0.0589. The average molecular weight is 247 g/mol. The van der Waals surface area contributed by atoms with Gasteiger partial charge in [-0.15, -0.1) is 5.10 Å². The van der Waals surface area contributed by atoms with Crippen LogP contribution in [-0.2, 0) is 11.8 Å². The Bertz CT molecular complexity index is 605. The predicted molar refractivity (Wildman–Crippen MR) is 64.7 cm³/mol. The van der Waals surface area contributed by atoms with E-state index in [0.29, 0.717) is 22.8 Å². The topological polar surface area (TPSA) is 95.9 Å². The van der Waals surface area contributed by atoms with Crippen molar-refractivity contribution in [3.8, 4) is 11.4 Å². The molecule has 0 unspecified atom stereocenters. The Morgan fingerprint density at radius 2 is 2.17 bits per heavy atom. The van der Waals surface area contributed by atoms with Crippen molar-refractivity contribution in [1.82, 2.24) is 20.0 Å². The standard InChI is InChI=1S/C11H13N5O2/c1-6-7(12)4-5-8(13-6)9-10(11(17)18-3)16(2)15-14-9/h4-5H,12H2,1-3H3. The van der Waals surface area contributed by atoms with E-state index in [-0.39, 0.29) is 5.69 Å². The smallest absolute Gasteiger partial charge is 0.358 e. The molecular weight excluding hydrogens is 234 g/mol. The Morgan fingerprint density at radius 3 is 2.78 bits per heavy atom. The van der Waals surface area contributed by atoms with Crippen molar-refractivity contribution in [2.75, 3.05) is 12.8 Å². The van der Waals surface area contributed by atoms with Gasteiger partial charge in [0, 0.05) is 7.05 Å². The second kappa shape index (κ2) is 4.44. The van der Waals surface area contributed by atoms with Gasteiger partial charge in [-0.2, -0.15) is 0 Å². The largest absolute Gasteiger partial charge is 0.464 e. The quantitative estimate of drug-likeness (QED) is 0.779. The summed E-state index contributed by atoms with van der Waals surface area (Å²) < 4.78 is 6.05. The highest BCUT2D eigenvalue weighted by molar-refractivity contribution is 5.93. The second-order valence-corrected chi connectivity index (χ2v) is 3.77. The van der Waals surface area contributed by atoms with E-state index in [1.807, 2.05) is 0 Å². The van der Waals surface area contributed by atoms with Crippen LogP contribution in [0.5, 0.6) is 0 Å². The summed E-state index contributed by atoms with van der Waals surface area (Å²) in [7, 11) is 2.92. The van der Waals surface area contributed by atoms with E-state index >= 15 is 0 Å². The molecule has 0 aliphatic carbocycles. The van der Waals surface area contributed by atoms with Crippen LogP contribution in [0, 0.1) is 6.92 Å². The van der Waals surface area contributed by atoms with Crippen LogP contribution in [0.4, 0.5) is 5.69 Å². The molecule has 0 aromatic carbocycles.